The Balaban J connectivity index is 1.88. The minimum atomic E-state index is -0.411. The molecule has 0 aliphatic rings. The highest BCUT2D eigenvalue weighted by Gasteiger charge is 2.13. The van der Waals surface area contributed by atoms with Crippen molar-refractivity contribution in [3.63, 3.8) is 0 Å². The second-order valence-corrected chi connectivity index (χ2v) is 6.74. The molecule has 8 heteroatoms. The van der Waals surface area contributed by atoms with Crippen LogP contribution in [-0.4, -0.2) is 40.1 Å². The molecular weight excluding hydrogens is 385 g/mol. The number of thioether (sulfide) groups is 1. The molecule has 1 N–H and O–H groups in total. The van der Waals surface area contributed by atoms with Crippen LogP contribution >= 0.6 is 11.8 Å². The first-order valence-electron chi connectivity index (χ1n) is 8.48. The maximum Gasteiger partial charge on any atom is 0.230 e. The van der Waals surface area contributed by atoms with Gasteiger partial charge in [-0.15, -0.1) is 11.8 Å². The number of hydrogen-bond acceptors (Lipinski definition) is 6. The van der Waals surface area contributed by atoms with E-state index in [1.165, 1.54) is 24.9 Å². The number of ether oxygens (including phenoxy) is 4. The molecule has 0 bridgehead atoms. The summed E-state index contributed by atoms with van der Waals surface area (Å²) < 4.78 is 34.5. The van der Waals surface area contributed by atoms with Gasteiger partial charge >= 0.3 is 0 Å². The van der Waals surface area contributed by atoms with Crippen LogP contribution in [0.15, 0.2) is 30.3 Å². The lowest BCUT2D eigenvalue weighted by atomic mass is 10.1. The molecule has 0 fully saturated rings. The fourth-order valence-corrected chi connectivity index (χ4v) is 3.34. The molecule has 0 saturated carbocycles. The number of carbonyl (C=O) groups excluding carboxylic acids is 1. The van der Waals surface area contributed by atoms with Gasteiger partial charge in [-0.1, -0.05) is 6.07 Å². The van der Waals surface area contributed by atoms with E-state index in [-0.39, 0.29) is 17.4 Å². The van der Waals surface area contributed by atoms with Gasteiger partial charge < -0.3 is 24.3 Å². The van der Waals surface area contributed by atoms with Crippen molar-refractivity contribution in [2.75, 3.05) is 34.2 Å². The molecule has 2 rings (SSSR count). The molecule has 0 aliphatic carbocycles. The van der Waals surface area contributed by atoms with Crippen LogP contribution in [0.3, 0.4) is 0 Å². The van der Waals surface area contributed by atoms with E-state index in [1.54, 1.807) is 45.6 Å². The third-order valence-electron chi connectivity index (χ3n) is 3.98. The molecule has 0 aromatic heterocycles. The lowest BCUT2D eigenvalue weighted by Gasteiger charge is -2.14. The van der Waals surface area contributed by atoms with E-state index in [9.17, 15) is 9.18 Å². The molecule has 0 atom stereocenters. The predicted octanol–water partition coefficient (Wildman–Crippen LogP) is 3.41. The van der Waals surface area contributed by atoms with Gasteiger partial charge in [-0.2, -0.15) is 0 Å². The fraction of sp³-hybridized carbons (Fsp3) is 0.350. The number of nitrogens with one attached hydrogen (secondary N) is 1. The molecule has 1 amide bonds. The topological polar surface area (TPSA) is 66.0 Å². The highest BCUT2D eigenvalue weighted by molar-refractivity contribution is 7.99. The second kappa shape index (κ2) is 10.7. The number of halogens is 1. The van der Waals surface area contributed by atoms with Crippen molar-refractivity contribution in [1.82, 2.24) is 5.32 Å². The minimum Gasteiger partial charge on any atom is -0.496 e. The van der Waals surface area contributed by atoms with Crippen LogP contribution in [0, 0.1) is 5.82 Å². The van der Waals surface area contributed by atoms with Crippen molar-refractivity contribution in [3.05, 3.63) is 47.3 Å². The van der Waals surface area contributed by atoms with Gasteiger partial charge in [-0.25, -0.2) is 4.39 Å². The van der Waals surface area contributed by atoms with Crippen molar-refractivity contribution in [3.8, 4) is 23.0 Å². The van der Waals surface area contributed by atoms with E-state index >= 15 is 0 Å². The largest absolute Gasteiger partial charge is 0.496 e. The Morgan fingerprint density at radius 2 is 1.57 bits per heavy atom. The molecule has 0 spiro atoms. The van der Waals surface area contributed by atoms with Crippen LogP contribution in [0.25, 0.3) is 0 Å². The van der Waals surface area contributed by atoms with E-state index in [4.69, 9.17) is 18.9 Å². The lowest BCUT2D eigenvalue weighted by molar-refractivity contribution is -0.118. The number of hydrogen-bond donors (Lipinski definition) is 1. The summed E-state index contributed by atoms with van der Waals surface area (Å²) in [6, 6.07) is 8.26. The smallest absolute Gasteiger partial charge is 0.230 e. The molecule has 152 valence electrons. The summed E-state index contributed by atoms with van der Waals surface area (Å²) in [5, 5.41) is 2.85. The number of carbonyl (C=O) groups is 1. The molecule has 0 aliphatic heterocycles. The van der Waals surface area contributed by atoms with E-state index in [0.717, 1.165) is 11.1 Å². The lowest BCUT2D eigenvalue weighted by Crippen LogP contribution is -2.25. The first kappa shape index (κ1) is 21.7. The first-order chi connectivity index (χ1) is 13.5. The average molecular weight is 409 g/mol. The predicted molar refractivity (Wildman–Crippen MR) is 107 cm³/mol. The minimum absolute atomic E-state index is 0.129. The van der Waals surface area contributed by atoms with Crippen LogP contribution in [-0.2, 0) is 17.1 Å². The van der Waals surface area contributed by atoms with E-state index < -0.39 is 5.82 Å². The van der Waals surface area contributed by atoms with Crippen molar-refractivity contribution in [2.24, 2.45) is 0 Å². The first-order valence-corrected chi connectivity index (χ1v) is 9.63. The van der Waals surface area contributed by atoms with Crippen LogP contribution in [0.2, 0.25) is 0 Å². The van der Waals surface area contributed by atoms with Gasteiger partial charge in [-0.3, -0.25) is 4.79 Å². The standard InChI is InChI=1S/C20H24FNO5S/c1-24-16-6-5-13(7-15(16)21)11-28-12-20(23)22-10-14-8-18(26-3)19(27-4)9-17(14)25-2/h5-9H,10-12H2,1-4H3,(H,22,23). The van der Waals surface area contributed by atoms with Gasteiger partial charge in [0, 0.05) is 23.9 Å². The Bertz CT molecular complexity index is 815. The van der Waals surface area contributed by atoms with Gasteiger partial charge in [0.1, 0.15) is 5.75 Å². The summed E-state index contributed by atoms with van der Waals surface area (Å²) in [7, 11) is 6.07. The van der Waals surface area contributed by atoms with Crippen LogP contribution < -0.4 is 24.3 Å². The molecule has 2 aromatic carbocycles. The van der Waals surface area contributed by atoms with Crippen LogP contribution in [0.4, 0.5) is 4.39 Å². The zero-order valence-corrected chi connectivity index (χ0v) is 17.2. The van der Waals surface area contributed by atoms with Crippen LogP contribution in [0.1, 0.15) is 11.1 Å². The zero-order valence-electron chi connectivity index (χ0n) is 16.3. The number of amides is 1. The molecule has 0 saturated heterocycles. The number of benzene rings is 2. The molecule has 2 aromatic rings. The van der Waals surface area contributed by atoms with E-state index in [0.29, 0.717) is 29.5 Å². The molecular formula is C20H24FNO5S. The quantitative estimate of drug-likeness (QED) is 0.649. The second-order valence-electron chi connectivity index (χ2n) is 5.76. The van der Waals surface area contributed by atoms with Gasteiger partial charge in [0.2, 0.25) is 5.91 Å². The average Bonchev–Trinajstić information content (AvgIpc) is 2.71. The van der Waals surface area contributed by atoms with Gasteiger partial charge in [0.05, 0.1) is 34.2 Å². The third kappa shape index (κ3) is 5.69. The Hall–Kier alpha value is -2.61. The summed E-state index contributed by atoms with van der Waals surface area (Å²) >= 11 is 1.40. The zero-order chi connectivity index (χ0) is 20.5. The highest BCUT2D eigenvalue weighted by atomic mass is 32.2. The summed E-state index contributed by atoms with van der Waals surface area (Å²) in [6.45, 7) is 0.292. The monoisotopic (exact) mass is 409 g/mol. The van der Waals surface area contributed by atoms with E-state index in [2.05, 4.69) is 5.32 Å². The molecule has 0 heterocycles. The van der Waals surface area contributed by atoms with E-state index in [1.807, 2.05) is 0 Å². The number of rotatable bonds is 10. The SMILES string of the molecule is COc1ccc(CSCC(=O)NCc2cc(OC)c(OC)cc2OC)cc1F. The highest BCUT2D eigenvalue weighted by Crippen LogP contribution is 2.34. The Kier molecular flexibility index (Phi) is 8.25. The number of methoxy groups -OCH3 is 4. The van der Waals surface area contributed by atoms with Gasteiger partial charge in [0.25, 0.3) is 0 Å². The summed E-state index contributed by atoms with van der Waals surface area (Å²) in [5.74, 6) is 2.15. The summed E-state index contributed by atoms with van der Waals surface area (Å²) in [4.78, 5) is 12.1. The maximum absolute atomic E-state index is 13.7. The molecule has 0 unspecified atom stereocenters. The maximum atomic E-state index is 13.7. The molecule has 0 radical (unpaired) electrons. The van der Waals surface area contributed by atoms with Crippen molar-refractivity contribution >= 4 is 17.7 Å². The summed E-state index contributed by atoms with van der Waals surface area (Å²) in [5.41, 5.74) is 1.56. The molecule has 6 nitrogen and oxygen atoms in total. The van der Waals surface area contributed by atoms with Crippen molar-refractivity contribution < 1.29 is 28.1 Å². The van der Waals surface area contributed by atoms with Crippen molar-refractivity contribution in [2.45, 2.75) is 12.3 Å². The fourth-order valence-electron chi connectivity index (χ4n) is 2.54. The Labute approximate surface area is 168 Å². The van der Waals surface area contributed by atoms with Crippen LogP contribution in [0.5, 0.6) is 23.0 Å². The normalized spacial score (nSPS) is 10.3. The molecule has 28 heavy (non-hydrogen) atoms. The Morgan fingerprint density at radius 3 is 2.18 bits per heavy atom. The van der Waals surface area contributed by atoms with Crippen molar-refractivity contribution in [1.29, 1.82) is 0 Å². The summed E-state index contributed by atoms with van der Waals surface area (Å²) in [6.07, 6.45) is 0. The Morgan fingerprint density at radius 1 is 0.929 bits per heavy atom. The third-order valence-corrected chi connectivity index (χ3v) is 4.98. The van der Waals surface area contributed by atoms with Gasteiger partial charge in [-0.05, 0) is 23.8 Å². The van der Waals surface area contributed by atoms with Gasteiger partial charge in [0.15, 0.2) is 23.1 Å².